The predicted molar refractivity (Wildman–Crippen MR) is 264 cm³/mol. The van der Waals surface area contributed by atoms with E-state index in [1.807, 2.05) is 0 Å². The molecule has 0 aromatic rings. The smallest absolute Gasteiger partial charge is 0.305 e. The van der Waals surface area contributed by atoms with Gasteiger partial charge in [-0.25, -0.2) is 0 Å². The summed E-state index contributed by atoms with van der Waals surface area (Å²) in [5, 5.41) is 23.2. The molecule has 0 aliphatic rings. The van der Waals surface area contributed by atoms with Crippen molar-refractivity contribution in [3.63, 3.8) is 0 Å². The SMILES string of the molecule is CCCCCC/C=C\C/C=C\CCCCCCCC(=O)OCCCCCCCCCCCCCCCCCCC(=O)NC(CO)C(O)CCCCCCCCCCCCCC. The summed E-state index contributed by atoms with van der Waals surface area (Å²) in [6, 6.07) is -0.546. The van der Waals surface area contributed by atoms with Crippen LogP contribution in [0.25, 0.3) is 0 Å². The number of hydrogen-bond donors (Lipinski definition) is 3. The second-order valence-corrected chi connectivity index (χ2v) is 18.6. The third-order valence-electron chi connectivity index (χ3n) is 12.5. The minimum atomic E-state index is -0.668. The molecule has 3 N–H and O–H groups in total. The van der Waals surface area contributed by atoms with Crippen LogP contribution in [-0.2, 0) is 14.3 Å². The average molecular weight is 860 g/mol. The van der Waals surface area contributed by atoms with Gasteiger partial charge >= 0.3 is 5.97 Å². The van der Waals surface area contributed by atoms with Gasteiger partial charge in [0.05, 0.1) is 25.4 Å². The van der Waals surface area contributed by atoms with Crippen molar-refractivity contribution < 1.29 is 24.5 Å². The Labute approximate surface area is 380 Å². The van der Waals surface area contributed by atoms with Gasteiger partial charge in [0, 0.05) is 12.8 Å². The maximum atomic E-state index is 12.4. The van der Waals surface area contributed by atoms with Crippen LogP contribution in [0, 0.1) is 0 Å². The van der Waals surface area contributed by atoms with Crippen molar-refractivity contribution in [3.8, 4) is 0 Å². The molecule has 1 amide bonds. The third-order valence-corrected chi connectivity index (χ3v) is 12.5. The third kappa shape index (κ3) is 47.7. The number of ether oxygens (including phenoxy) is 1. The van der Waals surface area contributed by atoms with Gasteiger partial charge in [-0.15, -0.1) is 0 Å². The van der Waals surface area contributed by atoms with Crippen LogP contribution in [0.3, 0.4) is 0 Å². The molecule has 0 aliphatic heterocycles. The first-order valence-electron chi connectivity index (χ1n) is 27.1. The second kappa shape index (κ2) is 51.0. The van der Waals surface area contributed by atoms with E-state index in [-0.39, 0.29) is 18.5 Å². The van der Waals surface area contributed by atoms with Crippen molar-refractivity contribution >= 4 is 11.9 Å². The van der Waals surface area contributed by atoms with Crippen LogP contribution in [0.1, 0.15) is 290 Å². The molecule has 0 aliphatic carbocycles. The molecule has 0 fully saturated rings. The maximum Gasteiger partial charge on any atom is 0.305 e. The number of aliphatic hydroxyl groups excluding tert-OH is 2. The van der Waals surface area contributed by atoms with Crippen LogP contribution in [0.4, 0.5) is 0 Å². The van der Waals surface area contributed by atoms with Gasteiger partial charge in [-0.05, 0) is 57.8 Å². The van der Waals surface area contributed by atoms with Crippen molar-refractivity contribution in [2.45, 2.75) is 302 Å². The molecular weight excluding hydrogens is 755 g/mol. The zero-order valence-electron chi connectivity index (χ0n) is 40.9. The first-order chi connectivity index (χ1) is 30.0. The minimum absolute atomic E-state index is 0.0103. The Morgan fingerprint density at radius 3 is 1.26 bits per heavy atom. The van der Waals surface area contributed by atoms with E-state index in [0.29, 0.717) is 25.9 Å². The summed E-state index contributed by atoms with van der Waals surface area (Å²) in [6.45, 7) is 4.91. The van der Waals surface area contributed by atoms with Crippen LogP contribution in [-0.4, -0.2) is 47.4 Å². The lowest BCUT2D eigenvalue weighted by Crippen LogP contribution is -2.45. The number of carbonyl (C=O) groups is 2. The molecule has 0 saturated heterocycles. The lowest BCUT2D eigenvalue weighted by molar-refractivity contribution is -0.143. The average Bonchev–Trinajstić information content (AvgIpc) is 3.26. The van der Waals surface area contributed by atoms with Crippen molar-refractivity contribution in [2.24, 2.45) is 0 Å². The van der Waals surface area contributed by atoms with Gasteiger partial charge in [-0.2, -0.15) is 0 Å². The van der Waals surface area contributed by atoms with Crippen LogP contribution < -0.4 is 5.32 Å². The molecule has 0 saturated carbocycles. The van der Waals surface area contributed by atoms with E-state index in [9.17, 15) is 19.8 Å². The van der Waals surface area contributed by atoms with Crippen molar-refractivity contribution in [3.05, 3.63) is 24.3 Å². The van der Waals surface area contributed by atoms with E-state index in [1.165, 1.54) is 199 Å². The normalized spacial score (nSPS) is 12.8. The zero-order valence-corrected chi connectivity index (χ0v) is 40.9. The van der Waals surface area contributed by atoms with Gasteiger partial charge in [-0.1, -0.05) is 244 Å². The first-order valence-corrected chi connectivity index (χ1v) is 27.1. The highest BCUT2D eigenvalue weighted by molar-refractivity contribution is 5.76. The molecule has 0 aromatic carbocycles. The molecule has 2 atom stereocenters. The number of rotatable bonds is 50. The highest BCUT2D eigenvalue weighted by Crippen LogP contribution is 2.17. The first kappa shape index (κ1) is 59.3. The second-order valence-electron chi connectivity index (χ2n) is 18.6. The molecule has 0 radical (unpaired) electrons. The van der Waals surface area contributed by atoms with Gasteiger partial charge in [0.2, 0.25) is 5.91 Å². The summed E-state index contributed by atoms with van der Waals surface area (Å²) in [6.07, 6.45) is 60.1. The topological polar surface area (TPSA) is 95.9 Å². The van der Waals surface area contributed by atoms with Crippen LogP contribution in [0.2, 0.25) is 0 Å². The summed E-state index contributed by atoms with van der Waals surface area (Å²) in [5.74, 6) is -0.0529. The van der Waals surface area contributed by atoms with E-state index >= 15 is 0 Å². The number of esters is 1. The fourth-order valence-corrected chi connectivity index (χ4v) is 8.32. The Morgan fingerprint density at radius 1 is 0.459 bits per heavy atom. The molecule has 0 aromatic heterocycles. The monoisotopic (exact) mass is 860 g/mol. The van der Waals surface area contributed by atoms with E-state index in [4.69, 9.17) is 4.74 Å². The number of aliphatic hydroxyl groups is 2. The molecule has 2 unspecified atom stereocenters. The Balaban J connectivity index is 3.42. The number of allylic oxidation sites excluding steroid dienone is 4. The molecule has 0 heterocycles. The Morgan fingerprint density at radius 2 is 0.820 bits per heavy atom. The molecule has 61 heavy (non-hydrogen) atoms. The molecule has 0 bridgehead atoms. The number of nitrogens with one attached hydrogen (secondary N) is 1. The Hall–Kier alpha value is -1.66. The molecule has 360 valence electrons. The summed E-state index contributed by atoms with van der Waals surface area (Å²) >= 11 is 0. The van der Waals surface area contributed by atoms with Crippen LogP contribution >= 0.6 is 0 Å². The fourth-order valence-electron chi connectivity index (χ4n) is 8.32. The van der Waals surface area contributed by atoms with E-state index in [1.54, 1.807) is 0 Å². The van der Waals surface area contributed by atoms with Crippen LogP contribution in [0.15, 0.2) is 24.3 Å². The lowest BCUT2D eigenvalue weighted by atomic mass is 10.0. The minimum Gasteiger partial charge on any atom is -0.466 e. The molecular formula is C55H105NO5. The van der Waals surface area contributed by atoms with Gasteiger partial charge in [0.15, 0.2) is 0 Å². The van der Waals surface area contributed by atoms with Gasteiger partial charge in [0.1, 0.15) is 0 Å². The van der Waals surface area contributed by atoms with Crippen molar-refractivity contribution in [2.75, 3.05) is 13.2 Å². The van der Waals surface area contributed by atoms with Gasteiger partial charge in [0.25, 0.3) is 0 Å². The van der Waals surface area contributed by atoms with E-state index in [2.05, 4.69) is 43.5 Å². The van der Waals surface area contributed by atoms with Crippen molar-refractivity contribution in [1.82, 2.24) is 5.32 Å². The largest absolute Gasteiger partial charge is 0.466 e. The van der Waals surface area contributed by atoms with E-state index in [0.717, 1.165) is 57.8 Å². The molecule has 0 spiro atoms. The quantitative estimate of drug-likeness (QED) is 0.0322. The summed E-state index contributed by atoms with van der Waals surface area (Å²) in [4.78, 5) is 24.5. The summed E-state index contributed by atoms with van der Waals surface area (Å²) in [7, 11) is 0. The highest BCUT2D eigenvalue weighted by Gasteiger charge is 2.20. The number of carbonyl (C=O) groups excluding carboxylic acids is 2. The number of unbranched alkanes of at least 4 members (excludes halogenated alkanes) is 35. The van der Waals surface area contributed by atoms with Crippen LogP contribution in [0.5, 0.6) is 0 Å². The van der Waals surface area contributed by atoms with Gasteiger partial charge < -0.3 is 20.3 Å². The highest BCUT2D eigenvalue weighted by atomic mass is 16.5. The Kier molecular flexibility index (Phi) is 49.6. The maximum absolute atomic E-state index is 12.4. The lowest BCUT2D eigenvalue weighted by Gasteiger charge is -2.22. The Bertz CT molecular complexity index is 951. The fraction of sp³-hybridized carbons (Fsp3) is 0.891. The summed E-state index contributed by atoms with van der Waals surface area (Å²) < 4.78 is 5.47. The number of hydrogen-bond acceptors (Lipinski definition) is 5. The standard InChI is InChI=1S/C55H105NO5/c1-3-5-7-9-11-13-15-17-18-22-25-29-33-37-41-45-49-55(60)61-50-46-42-38-34-30-26-23-20-19-21-24-28-32-36-40-44-48-54(59)56-52(51-57)53(58)47-43-39-35-31-27-16-14-12-10-8-6-4-2/h13,15,18,22,52-53,57-58H,3-12,14,16-17,19-21,23-51H2,1-2H3,(H,56,59)/b15-13-,22-18-. The van der Waals surface area contributed by atoms with Gasteiger partial charge in [-0.3, -0.25) is 9.59 Å². The molecule has 0 rings (SSSR count). The predicted octanol–water partition coefficient (Wildman–Crippen LogP) is 16.3. The molecule has 6 nitrogen and oxygen atoms in total. The number of amides is 1. The zero-order chi connectivity index (χ0) is 44.4. The van der Waals surface area contributed by atoms with Crippen molar-refractivity contribution in [1.29, 1.82) is 0 Å². The molecule has 6 heteroatoms. The summed E-state index contributed by atoms with van der Waals surface area (Å²) in [5.41, 5.74) is 0. The van der Waals surface area contributed by atoms with E-state index < -0.39 is 12.1 Å².